The molecule has 0 aromatic carbocycles. The zero-order valence-electron chi connectivity index (χ0n) is 11.0. The Balaban J connectivity index is 3.11. The number of aliphatic hydroxyl groups is 1. The van der Waals surface area contributed by atoms with Gasteiger partial charge in [-0.3, -0.25) is 14.8 Å². The number of ether oxygens (including phenoxy) is 1. The third kappa shape index (κ3) is 5.19. The van der Waals surface area contributed by atoms with E-state index in [-0.39, 0.29) is 32.5 Å². The Morgan fingerprint density at radius 1 is 1.32 bits per heavy atom. The van der Waals surface area contributed by atoms with Crippen molar-refractivity contribution >= 4 is 62.7 Å². The third-order valence-electron chi connectivity index (χ3n) is 2.42. The molecule has 8 nitrogen and oxygen atoms in total. The maximum absolute atomic E-state index is 12.0. The van der Waals surface area contributed by atoms with E-state index in [1.54, 1.807) is 45.2 Å². The lowest BCUT2D eigenvalue weighted by Crippen LogP contribution is -2.27. The van der Waals surface area contributed by atoms with Gasteiger partial charge in [-0.2, -0.15) is 0 Å². The van der Waals surface area contributed by atoms with Crippen molar-refractivity contribution in [1.82, 2.24) is 4.98 Å². The van der Waals surface area contributed by atoms with E-state index >= 15 is 0 Å². The van der Waals surface area contributed by atoms with Crippen LogP contribution in [0.3, 0.4) is 0 Å². The summed E-state index contributed by atoms with van der Waals surface area (Å²) in [6.07, 6.45) is -0.179. The summed E-state index contributed by atoms with van der Waals surface area (Å²) >= 11 is 3.55. The van der Waals surface area contributed by atoms with Gasteiger partial charge in [-0.15, -0.1) is 0 Å². The van der Waals surface area contributed by atoms with Gasteiger partial charge >= 0.3 is 5.97 Å². The van der Waals surface area contributed by atoms with E-state index in [0.29, 0.717) is 0 Å². The monoisotopic (exact) mass is 535 g/mol. The van der Waals surface area contributed by atoms with Crippen molar-refractivity contribution in [1.29, 1.82) is 0 Å². The van der Waals surface area contributed by atoms with E-state index in [0.717, 1.165) is 12.3 Å². The van der Waals surface area contributed by atoms with Gasteiger partial charge in [-0.1, -0.05) is 45.2 Å². The molecule has 10 heteroatoms. The molecule has 0 aliphatic rings. The molecule has 1 atom stereocenters. The van der Waals surface area contributed by atoms with Crippen LogP contribution < -0.4 is 4.74 Å². The Bertz CT molecular complexity index is 579. The van der Waals surface area contributed by atoms with Gasteiger partial charge in [0.25, 0.3) is 0 Å². The SMILES string of the molecule is O=C(CI)C(=O)c1cc(OC(=O)C(O)CI)ncc1COO. The van der Waals surface area contributed by atoms with E-state index in [4.69, 9.17) is 9.99 Å². The molecule has 0 saturated carbocycles. The quantitative estimate of drug-likeness (QED) is 0.0961. The summed E-state index contributed by atoms with van der Waals surface area (Å²) in [4.78, 5) is 42.7. The number of carbonyl (C=O) groups excluding carboxylic acids is 3. The summed E-state index contributed by atoms with van der Waals surface area (Å²) < 4.78 is 4.94. The standard InChI is InChI=1S/C12H11I2NO7/c13-2-8(16)11(18)7-1-10(15-4-6(7)5-21-20)22-12(19)9(17)3-14/h1,4,9,17,20H,2-3,5H2. The summed E-state index contributed by atoms with van der Waals surface area (Å²) in [6, 6.07) is 1.10. The number of hydrogen-bond acceptors (Lipinski definition) is 8. The van der Waals surface area contributed by atoms with Gasteiger partial charge in [0.1, 0.15) is 6.61 Å². The van der Waals surface area contributed by atoms with Crippen LogP contribution in [0.4, 0.5) is 0 Å². The molecule has 1 aromatic rings. The van der Waals surface area contributed by atoms with Gasteiger partial charge in [0.05, 0.1) is 4.43 Å². The minimum absolute atomic E-state index is 0.0268. The first-order chi connectivity index (χ1) is 10.4. The fraction of sp³-hybridized carbons (Fsp3) is 0.333. The van der Waals surface area contributed by atoms with Gasteiger partial charge in [0.15, 0.2) is 6.10 Å². The molecule has 0 spiro atoms. The van der Waals surface area contributed by atoms with Gasteiger partial charge < -0.3 is 9.84 Å². The normalized spacial score (nSPS) is 11.8. The molecule has 0 amide bonds. The van der Waals surface area contributed by atoms with Crippen LogP contribution in [0.2, 0.25) is 0 Å². The molecule has 1 aromatic heterocycles. The molecule has 0 fully saturated rings. The van der Waals surface area contributed by atoms with Crippen molar-refractivity contribution in [3.63, 3.8) is 0 Å². The van der Waals surface area contributed by atoms with E-state index in [1.807, 2.05) is 0 Å². The molecule has 1 unspecified atom stereocenters. The number of rotatable bonds is 8. The first-order valence-electron chi connectivity index (χ1n) is 5.79. The predicted molar refractivity (Wildman–Crippen MR) is 90.4 cm³/mol. The van der Waals surface area contributed by atoms with Crippen LogP contribution in [-0.2, 0) is 21.1 Å². The smallest absolute Gasteiger partial charge is 0.342 e. The molecule has 0 aliphatic heterocycles. The number of ketones is 2. The zero-order valence-corrected chi connectivity index (χ0v) is 15.3. The number of hydrogen-bond donors (Lipinski definition) is 2. The summed E-state index contributed by atoms with van der Waals surface area (Å²) in [5.74, 6) is -2.63. The number of carbonyl (C=O) groups is 3. The summed E-state index contributed by atoms with van der Waals surface area (Å²) in [7, 11) is 0. The number of alkyl halides is 2. The minimum atomic E-state index is -1.32. The first kappa shape index (κ1) is 19.3. The maximum Gasteiger partial charge on any atom is 0.342 e. The Hall–Kier alpha value is -0.700. The number of aromatic nitrogens is 1. The topological polar surface area (TPSA) is 123 Å². The van der Waals surface area contributed by atoms with Crippen molar-refractivity contribution in [3.05, 3.63) is 23.4 Å². The molecule has 1 rings (SSSR count). The average molecular weight is 535 g/mol. The largest absolute Gasteiger partial charge is 0.406 e. The first-order valence-corrected chi connectivity index (χ1v) is 8.84. The second kappa shape index (κ2) is 9.44. The second-order valence-corrected chi connectivity index (χ2v) is 5.57. The number of nitrogens with zero attached hydrogens (tertiary/aromatic N) is 1. The maximum atomic E-state index is 12.0. The molecular weight excluding hydrogens is 524 g/mol. The van der Waals surface area contributed by atoms with Crippen molar-refractivity contribution < 1.29 is 34.4 Å². The summed E-state index contributed by atoms with van der Waals surface area (Å²) in [5.41, 5.74) is 0.0809. The fourth-order valence-corrected chi connectivity index (χ4v) is 2.07. The fourth-order valence-electron chi connectivity index (χ4n) is 1.36. The molecule has 1 heterocycles. The molecule has 22 heavy (non-hydrogen) atoms. The van der Waals surface area contributed by atoms with Gasteiger partial charge in [-0.25, -0.2) is 14.7 Å². The Morgan fingerprint density at radius 2 is 2.00 bits per heavy atom. The highest BCUT2D eigenvalue weighted by Gasteiger charge is 2.22. The van der Waals surface area contributed by atoms with Crippen LogP contribution in [-0.4, -0.2) is 47.8 Å². The zero-order chi connectivity index (χ0) is 16.7. The lowest BCUT2D eigenvalue weighted by Gasteiger charge is -2.10. The molecular formula is C12H11I2NO7. The summed E-state index contributed by atoms with van der Waals surface area (Å²) in [5, 5.41) is 17.8. The van der Waals surface area contributed by atoms with Crippen molar-refractivity contribution in [3.8, 4) is 5.88 Å². The Morgan fingerprint density at radius 3 is 2.55 bits per heavy atom. The average Bonchev–Trinajstić information content (AvgIpc) is 2.54. The van der Waals surface area contributed by atoms with Crippen molar-refractivity contribution in [2.75, 3.05) is 8.86 Å². The van der Waals surface area contributed by atoms with Crippen LogP contribution in [0, 0.1) is 0 Å². The van der Waals surface area contributed by atoms with E-state index in [9.17, 15) is 19.5 Å². The molecule has 0 bridgehead atoms. The molecule has 2 N–H and O–H groups in total. The third-order valence-corrected chi connectivity index (χ3v) is 3.95. The summed E-state index contributed by atoms with van der Waals surface area (Å²) in [6.45, 7) is -0.354. The number of esters is 1. The van der Waals surface area contributed by atoms with E-state index in [2.05, 4.69) is 9.87 Å². The van der Waals surface area contributed by atoms with Crippen LogP contribution in [0.5, 0.6) is 5.88 Å². The highest BCUT2D eigenvalue weighted by molar-refractivity contribution is 14.1. The lowest BCUT2D eigenvalue weighted by atomic mass is 10.0. The highest BCUT2D eigenvalue weighted by atomic mass is 127. The van der Waals surface area contributed by atoms with Crippen LogP contribution in [0.1, 0.15) is 15.9 Å². The number of Topliss-reactive ketones (excluding diaryl/α,β-unsaturated/α-hetero) is 2. The predicted octanol–water partition coefficient (Wildman–Crippen LogP) is 0.959. The Labute approximate surface area is 152 Å². The minimum Gasteiger partial charge on any atom is -0.406 e. The molecule has 0 saturated heterocycles. The number of pyridine rings is 1. The molecule has 0 aliphatic carbocycles. The second-order valence-electron chi connectivity index (χ2n) is 3.93. The van der Waals surface area contributed by atoms with Gasteiger partial charge in [0, 0.05) is 27.8 Å². The van der Waals surface area contributed by atoms with Gasteiger partial charge in [-0.05, 0) is 0 Å². The van der Waals surface area contributed by atoms with E-state index < -0.39 is 23.6 Å². The van der Waals surface area contributed by atoms with Crippen LogP contribution in [0.15, 0.2) is 12.3 Å². The number of halogens is 2. The van der Waals surface area contributed by atoms with Crippen molar-refractivity contribution in [2.45, 2.75) is 12.7 Å². The number of aliphatic hydroxyl groups excluding tert-OH is 1. The molecule has 0 radical (unpaired) electrons. The van der Waals surface area contributed by atoms with E-state index in [1.165, 1.54) is 0 Å². The van der Waals surface area contributed by atoms with Crippen LogP contribution >= 0.6 is 45.2 Å². The van der Waals surface area contributed by atoms with Crippen LogP contribution in [0.25, 0.3) is 0 Å². The van der Waals surface area contributed by atoms with Crippen molar-refractivity contribution in [2.24, 2.45) is 0 Å². The Kier molecular flexibility index (Phi) is 8.30. The van der Waals surface area contributed by atoms with Gasteiger partial charge in [0.2, 0.25) is 17.4 Å². The highest BCUT2D eigenvalue weighted by Crippen LogP contribution is 2.18. The molecule has 120 valence electrons. The lowest BCUT2D eigenvalue weighted by molar-refractivity contribution is -0.253.